The van der Waals surface area contributed by atoms with Crippen molar-refractivity contribution >= 4 is 29.2 Å². The lowest BCUT2D eigenvalue weighted by atomic mass is 9.93. The molecule has 1 aliphatic heterocycles. The second-order valence-corrected chi connectivity index (χ2v) is 12.2. The smallest absolute Gasteiger partial charge is 0.420 e. The van der Waals surface area contributed by atoms with Crippen molar-refractivity contribution in [1.82, 2.24) is 19.8 Å². The number of nitrogens with zero attached hydrogens (tertiary/aromatic N) is 5. The first-order valence-electron chi connectivity index (χ1n) is 16.3. The summed E-state index contributed by atoms with van der Waals surface area (Å²) in [5.74, 6) is 1.27. The molecule has 47 heavy (non-hydrogen) atoms. The number of nitrogens with one attached hydrogen (secondary N) is 1. The van der Waals surface area contributed by atoms with Crippen molar-refractivity contribution in [3.05, 3.63) is 54.5 Å². The average molecular weight is 653 g/mol. The fourth-order valence-corrected chi connectivity index (χ4v) is 5.50. The topological polar surface area (TPSA) is 102 Å². The van der Waals surface area contributed by atoms with Crippen LogP contribution in [0.3, 0.4) is 0 Å². The van der Waals surface area contributed by atoms with Crippen LogP contribution in [0.4, 0.5) is 32.3 Å². The zero-order chi connectivity index (χ0) is 33.9. The Hall–Kier alpha value is -4.16. The lowest BCUT2D eigenvalue weighted by Crippen LogP contribution is -2.44. The fourth-order valence-electron chi connectivity index (χ4n) is 5.50. The van der Waals surface area contributed by atoms with Crippen molar-refractivity contribution < 1.29 is 28.1 Å². The van der Waals surface area contributed by atoms with Gasteiger partial charge in [0.2, 0.25) is 5.95 Å². The molecule has 0 radical (unpaired) electrons. The largest absolute Gasteiger partial charge is 0.497 e. The van der Waals surface area contributed by atoms with Crippen molar-refractivity contribution in [2.45, 2.75) is 46.6 Å². The molecule has 2 aromatic carbocycles. The standard InChI is InChI=1S/C35H49FN6O5/c1-8-25(4)33(24(2)3)47-35(43)42(29-12-11-27(44-6)23-31(29)45-7)32-14-15-37-34(39-32)38-26-10-13-30(28(36)22-26)46-21-9-16-41-19-17-40(5)18-20-41/h10-15,22-25,33H,8-9,16-21H2,1-7H3,(H,37,38,39). The first-order valence-corrected chi connectivity index (χ1v) is 16.3. The predicted octanol–water partition coefficient (Wildman–Crippen LogP) is 6.74. The number of rotatable bonds is 15. The fraction of sp³-hybridized carbons (Fsp3) is 0.514. The molecule has 2 atom stereocenters. The first kappa shape index (κ1) is 35.7. The summed E-state index contributed by atoms with van der Waals surface area (Å²) < 4.78 is 37.9. The number of halogens is 1. The molecule has 1 aliphatic rings. The van der Waals surface area contributed by atoms with Gasteiger partial charge in [0.15, 0.2) is 11.6 Å². The van der Waals surface area contributed by atoms with E-state index in [1.54, 1.807) is 43.5 Å². The zero-order valence-electron chi connectivity index (χ0n) is 28.7. The van der Waals surface area contributed by atoms with Gasteiger partial charge in [0.05, 0.1) is 26.5 Å². The van der Waals surface area contributed by atoms with Crippen LogP contribution in [-0.4, -0.2) is 92.6 Å². The van der Waals surface area contributed by atoms with E-state index in [2.05, 4.69) is 46.0 Å². The molecule has 0 aliphatic carbocycles. The van der Waals surface area contributed by atoms with Crippen LogP contribution in [0.15, 0.2) is 48.7 Å². The van der Waals surface area contributed by atoms with Crippen LogP contribution in [0, 0.1) is 17.7 Å². The number of amides is 1. The van der Waals surface area contributed by atoms with E-state index in [0.717, 1.165) is 45.6 Å². The minimum absolute atomic E-state index is 0.0925. The highest BCUT2D eigenvalue weighted by molar-refractivity contribution is 5.97. The molecule has 1 fully saturated rings. The monoisotopic (exact) mass is 652 g/mol. The highest BCUT2D eigenvalue weighted by Gasteiger charge is 2.31. The highest BCUT2D eigenvalue weighted by Crippen LogP contribution is 2.37. The molecule has 12 heteroatoms. The van der Waals surface area contributed by atoms with Crippen LogP contribution in [0.1, 0.15) is 40.5 Å². The van der Waals surface area contributed by atoms with Gasteiger partial charge in [0, 0.05) is 62.8 Å². The number of piperazine rings is 1. The summed E-state index contributed by atoms with van der Waals surface area (Å²) in [4.78, 5) is 28.9. The van der Waals surface area contributed by atoms with Crippen molar-refractivity contribution in [1.29, 1.82) is 0 Å². The van der Waals surface area contributed by atoms with Gasteiger partial charge in [-0.3, -0.25) is 0 Å². The maximum Gasteiger partial charge on any atom is 0.420 e. The molecule has 1 aromatic heterocycles. The van der Waals surface area contributed by atoms with E-state index >= 15 is 4.39 Å². The number of carbonyl (C=O) groups is 1. The Labute approximate surface area is 278 Å². The molecule has 2 unspecified atom stereocenters. The van der Waals surface area contributed by atoms with Gasteiger partial charge in [-0.15, -0.1) is 0 Å². The number of likely N-dealkylation sites (N-methyl/N-ethyl adjacent to an activating group) is 1. The number of carbonyl (C=O) groups excluding carboxylic acids is 1. The van der Waals surface area contributed by atoms with E-state index in [9.17, 15) is 4.79 Å². The summed E-state index contributed by atoms with van der Waals surface area (Å²) in [5, 5.41) is 3.05. The summed E-state index contributed by atoms with van der Waals surface area (Å²) in [6.45, 7) is 13.7. The maximum atomic E-state index is 15.0. The lowest BCUT2D eigenvalue weighted by Gasteiger charge is -2.32. The van der Waals surface area contributed by atoms with Crippen molar-refractivity contribution in [3.63, 3.8) is 0 Å². The van der Waals surface area contributed by atoms with Gasteiger partial charge in [-0.2, -0.15) is 4.98 Å². The molecule has 3 aromatic rings. The molecule has 0 bridgehead atoms. The highest BCUT2D eigenvalue weighted by atomic mass is 19.1. The minimum Gasteiger partial charge on any atom is -0.497 e. The van der Waals surface area contributed by atoms with Crippen LogP contribution in [-0.2, 0) is 4.74 Å². The van der Waals surface area contributed by atoms with Gasteiger partial charge in [0.1, 0.15) is 23.4 Å². The molecule has 4 rings (SSSR count). The van der Waals surface area contributed by atoms with E-state index < -0.39 is 11.9 Å². The Morgan fingerprint density at radius 2 is 1.79 bits per heavy atom. The number of methoxy groups -OCH3 is 2. The van der Waals surface area contributed by atoms with Gasteiger partial charge in [-0.25, -0.2) is 19.1 Å². The van der Waals surface area contributed by atoms with Crippen molar-refractivity contribution in [2.75, 3.05) is 70.8 Å². The van der Waals surface area contributed by atoms with Crippen LogP contribution < -0.4 is 24.4 Å². The van der Waals surface area contributed by atoms with E-state index in [4.69, 9.17) is 18.9 Å². The van der Waals surface area contributed by atoms with Gasteiger partial charge in [-0.05, 0) is 49.6 Å². The van der Waals surface area contributed by atoms with E-state index in [-0.39, 0.29) is 35.5 Å². The maximum absolute atomic E-state index is 15.0. The Bertz CT molecular complexity index is 1450. The summed E-state index contributed by atoms with van der Waals surface area (Å²) in [6, 6.07) is 11.3. The Balaban J connectivity index is 1.51. The minimum atomic E-state index is -0.614. The second kappa shape index (κ2) is 17.1. The van der Waals surface area contributed by atoms with E-state index in [1.165, 1.54) is 24.3 Å². The number of anilines is 4. The molecule has 1 saturated heterocycles. The zero-order valence-corrected chi connectivity index (χ0v) is 28.7. The molecule has 1 amide bonds. The lowest BCUT2D eigenvalue weighted by molar-refractivity contribution is 0.0419. The summed E-state index contributed by atoms with van der Waals surface area (Å²) in [5.41, 5.74) is 0.840. The Morgan fingerprint density at radius 3 is 2.45 bits per heavy atom. The van der Waals surface area contributed by atoms with Gasteiger partial charge in [0.25, 0.3) is 0 Å². The molecule has 0 saturated carbocycles. The van der Waals surface area contributed by atoms with Crippen LogP contribution in [0.5, 0.6) is 17.2 Å². The quantitative estimate of drug-likeness (QED) is 0.178. The average Bonchev–Trinajstić information content (AvgIpc) is 3.07. The third-order valence-electron chi connectivity index (χ3n) is 8.44. The van der Waals surface area contributed by atoms with Crippen LogP contribution in [0.25, 0.3) is 0 Å². The third-order valence-corrected chi connectivity index (χ3v) is 8.44. The predicted molar refractivity (Wildman–Crippen MR) is 182 cm³/mol. The van der Waals surface area contributed by atoms with Gasteiger partial charge in [-0.1, -0.05) is 34.1 Å². The number of hydrogen-bond donors (Lipinski definition) is 1. The molecule has 0 spiro atoms. The number of hydrogen-bond acceptors (Lipinski definition) is 10. The molecule has 1 N–H and O–H groups in total. The number of ether oxygens (including phenoxy) is 4. The van der Waals surface area contributed by atoms with Crippen molar-refractivity contribution in [2.24, 2.45) is 11.8 Å². The Kier molecular flexibility index (Phi) is 13.0. The van der Waals surface area contributed by atoms with Gasteiger partial charge >= 0.3 is 6.09 Å². The molecule has 2 heterocycles. The van der Waals surface area contributed by atoms with E-state index in [1.807, 2.05) is 13.8 Å². The second-order valence-electron chi connectivity index (χ2n) is 12.2. The molecule has 256 valence electrons. The number of aromatic nitrogens is 2. The summed E-state index contributed by atoms with van der Waals surface area (Å²) in [6.07, 6.45) is 2.24. The summed E-state index contributed by atoms with van der Waals surface area (Å²) in [7, 11) is 5.20. The van der Waals surface area contributed by atoms with Crippen LogP contribution >= 0.6 is 0 Å². The molecular weight excluding hydrogens is 603 g/mol. The van der Waals surface area contributed by atoms with Gasteiger partial charge < -0.3 is 34.1 Å². The van der Waals surface area contributed by atoms with E-state index in [0.29, 0.717) is 29.5 Å². The molecular formula is C35H49FN6O5. The SMILES string of the molecule is CCC(C)C(OC(=O)N(c1ccnc(Nc2ccc(OCCCN3CCN(C)CC3)c(F)c2)n1)c1ccc(OC)cc1OC)C(C)C. The number of benzene rings is 2. The summed E-state index contributed by atoms with van der Waals surface area (Å²) >= 11 is 0. The normalized spacial score (nSPS) is 15.2. The molecule has 11 nitrogen and oxygen atoms in total. The Morgan fingerprint density at radius 1 is 1.02 bits per heavy atom. The van der Waals surface area contributed by atoms with Crippen LogP contribution in [0.2, 0.25) is 0 Å². The van der Waals surface area contributed by atoms with Crippen molar-refractivity contribution in [3.8, 4) is 17.2 Å². The first-order chi connectivity index (χ1) is 22.6. The third kappa shape index (κ3) is 9.68.